The van der Waals surface area contributed by atoms with E-state index in [-0.39, 0.29) is 29.6 Å². The summed E-state index contributed by atoms with van der Waals surface area (Å²) in [4.78, 5) is 38.8. The van der Waals surface area contributed by atoms with Gasteiger partial charge >= 0.3 is 0 Å². The lowest BCUT2D eigenvalue weighted by Gasteiger charge is -2.10. The number of rotatable bonds is 4. The standard InChI is InChI=1S/C13H18N6O2/c1-6(2)11(20)16-10-8-9(15-5-14-8)17-13(18-10)19-12(21)7(3)4/h5-7H,1-4H3,(H3,14,15,16,17,18,19,20,21). The zero-order valence-electron chi connectivity index (χ0n) is 12.4. The number of carbonyl (C=O) groups excluding carboxylic acids is 2. The summed E-state index contributed by atoms with van der Waals surface area (Å²) in [5.41, 5.74) is 0.898. The first kappa shape index (κ1) is 14.9. The summed E-state index contributed by atoms with van der Waals surface area (Å²) < 4.78 is 0. The number of imidazole rings is 1. The molecule has 112 valence electrons. The number of hydrogen-bond donors (Lipinski definition) is 3. The average Bonchev–Trinajstić information content (AvgIpc) is 2.86. The maximum absolute atomic E-state index is 11.8. The van der Waals surface area contributed by atoms with E-state index in [4.69, 9.17) is 0 Å². The number of nitrogens with one attached hydrogen (secondary N) is 3. The number of fused-ring (bicyclic) bond motifs is 1. The molecule has 0 spiro atoms. The fourth-order valence-corrected chi connectivity index (χ4v) is 1.50. The Balaban J connectivity index is 2.36. The SMILES string of the molecule is CC(C)C(=O)Nc1nc(NC(=O)C(C)C)c2[nH]cnc2n1. The quantitative estimate of drug-likeness (QED) is 0.790. The number of aromatic nitrogens is 4. The second-order valence-electron chi connectivity index (χ2n) is 5.28. The Bertz CT molecular complexity index is 676. The molecule has 0 aliphatic heterocycles. The normalized spacial score (nSPS) is 11.1. The second kappa shape index (κ2) is 5.86. The van der Waals surface area contributed by atoms with Crippen LogP contribution in [0.3, 0.4) is 0 Å². The highest BCUT2D eigenvalue weighted by molar-refractivity contribution is 5.99. The van der Waals surface area contributed by atoms with Crippen LogP contribution in [0.1, 0.15) is 27.7 Å². The first-order valence-corrected chi connectivity index (χ1v) is 6.71. The molecule has 0 aromatic carbocycles. The van der Waals surface area contributed by atoms with E-state index in [1.165, 1.54) is 6.33 Å². The van der Waals surface area contributed by atoms with Crippen molar-refractivity contribution in [3.63, 3.8) is 0 Å². The molecule has 2 aromatic heterocycles. The first-order chi connectivity index (χ1) is 9.88. The van der Waals surface area contributed by atoms with Gasteiger partial charge in [0.2, 0.25) is 17.8 Å². The van der Waals surface area contributed by atoms with Crippen LogP contribution in [0.15, 0.2) is 6.33 Å². The predicted molar refractivity (Wildman–Crippen MR) is 78.6 cm³/mol. The Kier molecular flexibility index (Phi) is 4.15. The molecule has 21 heavy (non-hydrogen) atoms. The number of hydrogen-bond acceptors (Lipinski definition) is 5. The highest BCUT2D eigenvalue weighted by Crippen LogP contribution is 2.19. The molecule has 2 heterocycles. The van der Waals surface area contributed by atoms with E-state index in [1.54, 1.807) is 27.7 Å². The largest absolute Gasteiger partial charge is 0.340 e. The summed E-state index contributed by atoms with van der Waals surface area (Å²) >= 11 is 0. The Labute approximate surface area is 121 Å². The lowest BCUT2D eigenvalue weighted by atomic mass is 10.2. The summed E-state index contributed by atoms with van der Waals surface area (Å²) in [7, 11) is 0. The Hall–Kier alpha value is -2.51. The molecule has 0 aliphatic rings. The highest BCUT2D eigenvalue weighted by Gasteiger charge is 2.16. The minimum atomic E-state index is -0.203. The van der Waals surface area contributed by atoms with Crippen LogP contribution >= 0.6 is 0 Å². The van der Waals surface area contributed by atoms with E-state index in [1.807, 2.05) is 0 Å². The third-order valence-electron chi connectivity index (χ3n) is 2.81. The zero-order chi connectivity index (χ0) is 15.6. The van der Waals surface area contributed by atoms with Gasteiger partial charge in [-0.1, -0.05) is 27.7 Å². The van der Waals surface area contributed by atoms with Crippen LogP contribution in [-0.4, -0.2) is 31.8 Å². The molecule has 0 saturated heterocycles. The monoisotopic (exact) mass is 290 g/mol. The molecule has 2 amide bonds. The van der Waals surface area contributed by atoms with Crippen molar-refractivity contribution in [3.05, 3.63) is 6.33 Å². The fourth-order valence-electron chi connectivity index (χ4n) is 1.50. The molecule has 3 N–H and O–H groups in total. The minimum absolute atomic E-state index is 0.118. The number of carbonyl (C=O) groups is 2. The molecule has 0 atom stereocenters. The molecule has 8 nitrogen and oxygen atoms in total. The molecule has 2 aromatic rings. The van der Waals surface area contributed by atoms with Gasteiger partial charge in [-0.2, -0.15) is 9.97 Å². The van der Waals surface area contributed by atoms with Gasteiger partial charge in [0, 0.05) is 11.8 Å². The molecule has 0 saturated carbocycles. The van der Waals surface area contributed by atoms with Crippen molar-refractivity contribution in [1.82, 2.24) is 19.9 Å². The molecule has 2 rings (SSSR count). The van der Waals surface area contributed by atoms with Crippen molar-refractivity contribution in [2.75, 3.05) is 10.6 Å². The lowest BCUT2D eigenvalue weighted by molar-refractivity contribution is -0.119. The van der Waals surface area contributed by atoms with Crippen LogP contribution in [-0.2, 0) is 9.59 Å². The van der Waals surface area contributed by atoms with Crippen molar-refractivity contribution in [2.24, 2.45) is 11.8 Å². The molecule has 0 bridgehead atoms. The van der Waals surface area contributed by atoms with Gasteiger partial charge in [-0.3, -0.25) is 14.9 Å². The molecule has 8 heteroatoms. The number of aromatic amines is 1. The van der Waals surface area contributed by atoms with Gasteiger partial charge in [0.05, 0.1) is 6.33 Å². The van der Waals surface area contributed by atoms with E-state index in [0.29, 0.717) is 17.0 Å². The minimum Gasteiger partial charge on any atom is -0.340 e. The van der Waals surface area contributed by atoms with E-state index in [9.17, 15) is 9.59 Å². The van der Waals surface area contributed by atoms with E-state index < -0.39 is 0 Å². The summed E-state index contributed by atoms with van der Waals surface area (Å²) in [5.74, 6) is -0.344. The highest BCUT2D eigenvalue weighted by atomic mass is 16.2. The van der Waals surface area contributed by atoms with Crippen LogP contribution in [0.5, 0.6) is 0 Å². The maximum atomic E-state index is 11.8. The van der Waals surface area contributed by atoms with Crippen molar-refractivity contribution in [2.45, 2.75) is 27.7 Å². The molecular formula is C13H18N6O2. The topological polar surface area (TPSA) is 113 Å². The third-order valence-corrected chi connectivity index (χ3v) is 2.81. The Morgan fingerprint density at radius 2 is 1.67 bits per heavy atom. The fraction of sp³-hybridized carbons (Fsp3) is 0.462. The first-order valence-electron chi connectivity index (χ1n) is 6.71. The van der Waals surface area contributed by atoms with Crippen molar-refractivity contribution in [3.8, 4) is 0 Å². The van der Waals surface area contributed by atoms with Gasteiger partial charge in [0.15, 0.2) is 11.5 Å². The summed E-state index contributed by atoms with van der Waals surface area (Å²) in [6.07, 6.45) is 1.46. The van der Waals surface area contributed by atoms with Crippen LogP contribution in [0.2, 0.25) is 0 Å². The molecular weight excluding hydrogens is 272 g/mol. The Morgan fingerprint density at radius 3 is 2.29 bits per heavy atom. The van der Waals surface area contributed by atoms with Crippen LogP contribution < -0.4 is 10.6 Å². The predicted octanol–water partition coefficient (Wildman–Crippen LogP) is 1.54. The average molecular weight is 290 g/mol. The van der Waals surface area contributed by atoms with E-state index >= 15 is 0 Å². The van der Waals surface area contributed by atoms with E-state index in [2.05, 4.69) is 30.6 Å². The summed E-state index contributed by atoms with van der Waals surface area (Å²) in [6.45, 7) is 7.10. The molecule has 0 fully saturated rings. The van der Waals surface area contributed by atoms with Crippen LogP contribution in [0.25, 0.3) is 11.2 Å². The van der Waals surface area contributed by atoms with Gasteiger partial charge in [-0.25, -0.2) is 4.98 Å². The van der Waals surface area contributed by atoms with Crippen molar-refractivity contribution in [1.29, 1.82) is 0 Å². The summed E-state index contributed by atoms with van der Waals surface area (Å²) in [5, 5.41) is 5.30. The molecule has 0 aliphatic carbocycles. The molecule has 0 unspecified atom stereocenters. The van der Waals surface area contributed by atoms with Gasteiger partial charge in [-0.15, -0.1) is 0 Å². The third kappa shape index (κ3) is 3.33. The number of nitrogens with zero attached hydrogens (tertiary/aromatic N) is 3. The number of anilines is 2. The van der Waals surface area contributed by atoms with Crippen molar-refractivity contribution >= 4 is 34.7 Å². The van der Waals surface area contributed by atoms with Gasteiger partial charge < -0.3 is 10.3 Å². The van der Waals surface area contributed by atoms with E-state index in [0.717, 1.165) is 0 Å². The summed E-state index contributed by atoms with van der Waals surface area (Å²) in [6, 6.07) is 0. The van der Waals surface area contributed by atoms with Gasteiger partial charge in [0.1, 0.15) is 5.52 Å². The lowest BCUT2D eigenvalue weighted by Crippen LogP contribution is -2.22. The maximum Gasteiger partial charge on any atom is 0.233 e. The number of H-pyrrole nitrogens is 1. The Morgan fingerprint density at radius 1 is 1.05 bits per heavy atom. The van der Waals surface area contributed by atoms with Gasteiger partial charge in [-0.05, 0) is 0 Å². The van der Waals surface area contributed by atoms with Gasteiger partial charge in [0.25, 0.3) is 0 Å². The smallest absolute Gasteiger partial charge is 0.233 e. The van der Waals surface area contributed by atoms with Crippen molar-refractivity contribution < 1.29 is 9.59 Å². The van der Waals surface area contributed by atoms with Crippen LogP contribution in [0.4, 0.5) is 11.8 Å². The number of amides is 2. The van der Waals surface area contributed by atoms with Crippen LogP contribution in [0, 0.1) is 11.8 Å². The zero-order valence-corrected chi connectivity index (χ0v) is 12.4. The molecule has 0 radical (unpaired) electrons. The second-order valence-corrected chi connectivity index (χ2v) is 5.28.